The number of carbonyl (C=O) groups excluding carboxylic acids is 2. The number of fused-ring (bicyclic) bond motifs is 1. The maximum Gasteiger partial charge on any atom is 0.351 e. The van der Waals surface area contributed by atoms with Crippen molar-refractivity contribution in [1.29, 1.82) is 0 Å². The van der Waals surface area contributed by atoms with E-state index in [-0.39, 0.29) is 5.91 Å². The van der Waals surface area contributed by atoms with Crippen molar-refractivity contribution < 1.29 is 19.1 Å². The number of amides is 1. The van der Waals surface area contributed by atoms with E-state index in [0.717, 1.165) is 10.1 Å². The molecular formula is C18H15NO4S. The van der Waals surface area contributed by atoms with Crippen LogP contribution in [0.5, 0.6) is 5.75 Å². The van der Waals surface area contributed by atoms with Crippen LogP contribution in [0.3, 0.4) is 0 Å². The summed E-state index contributed by atoms with van der Waals surface area (Å²) in [4.78, 5) is 24.5. The third-order valence-corrected chi connectivity index (χ3v) is 4.64. The molecule has 1 amide bonds. The molecule has 0 radical (unpaired) electrons. The van der Waals surface area contributed by atoms with Gasteiger partial charge in [0.2, 0.25) is 0 Å². The summed E-state index contributed by atoms with van der Waals surface area (Å²) in [6, 6.07) is 14.4. The molecule has 0 saturated carbocycles. The Balaban J connectivity index is 1.96. The lowest BCUT2D eigenvalue weighted by Gasteiger charge is -2.06. The van der Waals surface area contributed by atoms with Gasteiger partial charge in [-0.05, 0) is 30.3 Å². The second-order valence-corrected chi connectivity index (χ2v) is 6.04. The summed E-state index contributed by atoms with van der Waals surface area (Å²) >= 11 is 1.29. The van der Waals surface area contributed by atoms with Crippen LogP contribution in [-0.4, -0.2) is 26.1 Å². The maximum atomic E-state index is 12.3. The van der Waals surface area contributed by atoms with Crippen LogP contribution >= 0.6 is 11.3 Å². The smallest absolute Gasteiger partial charge is 0.351 e. The minimum Gasteiger partial charge on any atom is -0.494 e. The van der Waals surface area contributed by atoms with E-state index in [1.165, 1.54) is 25.6 Å². The Bertz CT molecular complexity index is 902. The quantitative estimate of drug-likeness (QED) is 0.730. The first-order valence-electron chi connectivity index (χ1n) is 7.19. The number of carbonyl (C=O) groups is 2. The van der Waals surface area contributed by atoms with Gasteiger partial charge in [0.05, 0.1) is 14.2 Å². The number of benzene rings is 2. The first kappa shape index (κ1) is 16.0. The Morgan fingerprint density at radius 1 is 1.04 bits per heavy atom. The molecule has 1 N–H and O–H groups in total. The molecule has 0 atom stereocenters. The Morgan fingerprint density at radius 2 is 1.79 bits per heavy atom. The Morgan fingerprint density at radius 3 is 2.46 bits per heavy atom. The summed E-state index contributed by atoms with van der Waals surface area (Å²) in [7, 11) is 2.83. The molecule has 0 aliphatic rings. The maximum absolute atomic E-state index is 12.3. The summed E-state index contributed by atoms with van der Waals surface area (Å²) < 4.78 is 11.0. The number of esters is 1. The summed E-state index contributed by atoms with van der Waals surface area (Å²) in [5, 5.41) is 3.61. The number of nitrogens with one attached hydrogen (secondary N) is 1. The van der Waals surface area contributed by atoms with Crippen LogP contribution in [-0.2, 0) is 4.74 Å². The zero-order valence-corrected chi connectivity index (χ0v) is 14.0. The van der Waals surface area contributed by atoms with Gasteiger partial charge in [0.1, 0.15) is 0 Å². The van der Waals surface area contributed by atoms with Crippen molar-refractivity contribution in [2.24, 2.45) is 0 Å². The van der Waals surface area contributed by atoms with E-state index in [1.54, 1.807) is 24.3 Å². The number of hydrogen-bond acceptors (Lipinski definition) is 5. The lowest BCUT2D eigenvalue weighted by atomic mass is 10.2. The summed E-state index contributed by atoms with van der Waals surface area (Å²) in [6.45, 7) is 0. The largest absolute Gasteiger partial charge is 0.494 e. The molecule has 1 heterocycles. The third kappa shape index (κ3) is 2.96. The Labute approximate surface area is 142 Å². The molecule has 0 aliphatic heterocycles. The molecule has 1 aromatic heterocycles. The molecule has 0 unspecified atom stereocenters. The monoisotopic (exact) mass is 341 g/mol. The van der Waals surface area contributed by atoms with E-state index < -0.39 is 5.97 Å². The highest BCUT2D eigenvalue weighted by molar-refractivity contribution is 7.21. The number of methoxy groups -OCH3 is 2. The summed E-state index contributed by atoms with van der Waals surface area (Å²) in [5.74, 6) is -0.182. The standard InChI is InChI=1S/C18H15NO4S/c1-22-15-13-10-12(19-17(20)11-6-4-3-5-7-11)8-9-14(13)24-16(15)18(21)23-2/h3-10H,1-2H3,(H,19,20). The SMILES string of the molecule is COC(=O)c1sc2ccc(NC(=O)c3ccccc3)cc2c1OC. The van der Waals surface area contributed by atoms with Crippen LogP contribution < -0.4 is 10.1 Å². The van der Waals surface area contributed by atoms with Crippen molar-refractivity contribution in [3.05, 3.63) is 59.0 Å². The van der Waals surface area contributed by atoms with Crippen molar-refractivity contribution in [2.45, 2.75) is 0 Å². The van der Waals surface area contributed by atoms with Crippen molar-refractivity contribution in [2.75, 3.05) is 19.5 Å². The van der Waals surface area contributed by atoms with Crippen LogP contribution in [0.1, 0.15) is 20.0 Å². The molecule has 0 saturated heterocycles. The van der Waals surface area contributed by atoms with Gasteiger partial charge in [-0.2, -0.15) is 0 Å². The molecule has 3 aromatic rings. The molecule has 0 spiro atoms. The highest BCUT2D eigenvalue weighted by atomic mass is 32.1. The molecule has 6 heteroatoms. The normalized spacial score (nSPS) is 10.4. The van der Waals surface area contributed by atoms with E-state index in [2.05, 4.69) is 5.32 Å². The Hall–Kier alpha value is -2.86. The molecular weight excluding hydrogens is 326 g/mol. The molecule has 3 rings (SSSR count). The number of thiophene rings is 1. The zero-order valence-electron chi connectivity index (χ0n) is 13.2. The first-order valence-corrected chi connectivity index (χ1v) is 8.01. The van der Waals surface area contributed by atoms with E-state index in [0.29, 0.717) is 21.9 Å². The third-order valence-electron chi connectivity index (χ3n) is 3.51. The number of rotatable bonds is 4. The van der Waals surface area contributed by atoms with Gasteiger partial charge in [0.25, 0.3) is 5.91 Å². The number of anilines is 1. The van der Waals surface area contributed by atoms with Crippen molar-refractivity contribution in [3.63, 3.8) is 0 Å². The summed E-state index contributed by atoms with van der Waals surface area (Å²) in [5.41, 5.74) is 1.20. The highest BCUT2D eigenvalue weighted by Gasteiger charge is 2.20. The minimum atomic E-state index is -0.442. The van der Waals surface area contributed by atoms with Crippen molar-refractivity contribution >= 4 is 39.0 Å². The second-order valence-electron chi connectivity index (χ2n) is 4.99. The van der Waals surface area contributed by atoms with Crippen LogP contribution in [0.25, 0.3) is 10.1 Å². The molecule has 24 heavy (non-hydrogen) atoms. The average Bonchev–Trinajstić information content (AvgIpc) is 2.99. The van der Waals surface area contributed by atoms with Gasteiger partial charge in [-0.3, -0.25) is 4.79 Å². The minimum absolute atomic E-state index is 0.197. The molecule has 5 nitrogen and oxygen atoms in total. The van der Waals surface area contributed by atoms with Crippen molar-refractivity contribution in [3.8, 4) is 5.75 Å². The first-order chi connectivity index (χ1) is 11.6. The van der Waals surface area contributed by atoms with Gasteiger partial charge in [0.15, 0.2) is 10.6 Å². The van der Waals surface area contributed by atoms with Gasteiger partial charge in [0, 0.05) is 21.3 Å². The molecule has 122 valence electrons. The molecule has 2 aromatic carbocycles. The van der Waals surface area contributed by atoms with Gasteiger partial charge in [-0.25, -0.2) is 4.79 Å². The van der Waals surface area contributed by atoms with Gasteiger partial charge in [-0.15, -0.1) is 11.3 Å². The zero-order chi connectivity index (χ0) is 17.1. The van der Waals surface area contributed by atoms with E-state index in [9.17, 15) is 9.59 Å². The second kappa shape index (κ2) is 6.72. The summed E-state index contributed by atoms with van der Waals surface area (Å²) in [6.07, 6.45) is 0. The fraction of sp³-hybridized carbons (Fsp3) is 0.111. The fourth-order valence-electron chi connectivity index (χ4n) is 2.38. The van der Waals surface area contributed by atoms with Gasteiger partial charge < -0.3 is 14.8 Å². The van der Waals surface area contributed by atoms with E-state index in [1.807, 2.05) is 24.3 Å². The highest BCUT2D eigenvalue weighted by Crippen LogP contribution is 2.39. The number of ether oxygens (including phenoxy) is 2. The van der Waals surface area contributed by atoms with Crippen LogP contribution in [0.15, 0.2) is 48.5 Å². The lowest BCUT2D eigenvalue weighted by Crippen LogP contribution is -2.11. The van der Waals surface area contributed by atoms with Crippen LogP contribution in [0.2, 0.25) is 0 Å². The molecule has 0 bridgehead atoms. The topological polar surface area (TPSA) is 64.6 Å². The van der Waals surface area contributed by atoms with E-state index in [4.69, 9.17) is 9.47 Å². The predicted molar refractivity (Wildman–Crippen MR) is 94.1 cm³/mol. The van der Waals surface area contributed by atoms with Crippen LogP contribution in [0, 0.1) is 0 Å². The van der Waals surface area contributed by atoms with Crippen molar-refractivity contribution in [1.82, 2.24) is 0 Å². The fourth-order valence-corrected chi connectivity index (χ4v) is 3.45. The molecule has 0 aliphatic carbocycles. The molecule has 0 fully saturated rings. The average molecular weight is 341 g/mol. The lowest BCUT2D eigenvalue weighted by molar-refractivity contribution is 0.0603. The predicted octanol–water partition coefficient (Wildman–Crippen LogP) is 3.95. The van der Waals surface area contributed by atoms with Gasteiger partial charge >= 0.3 is 5.97 Å². The van der Waals surface area contributed by atoms with E-state index >= 15 is 0 Å². The van der Waals surface area contributed by atoms with Gasteiger partial charge in [-0.1, -0.05) is 18.2 Å². The number of hydrogen-bond donors (Lipinski definition) is 1. The Kier molecular flexibility index (Phi) is 4.48. The van der Waals surface area contributed by atoms with Crippen LogP contribution in [0.4, 0.5) is 5.69 Å².